The number of ether oxygens (including phenoxy) is 1. The Kier molecular flexibility index (Phi) is 5.36. The number of nitrogens with zero attached hydrogens (tertiary/aromatic N) is 3. The number of methoxy groups -OCH3 is 1. The molecule has 0 aliphatic carbocycles. The molecule has 0 unspecified atom stereocenters. The summed E-state index contributed by atoms with van der Waals surface area (Å²) in [5.74, 6) is 1.01. The predicted octanol–water partition coefficient (Wildman–Crippen LogP) is 3.19. The monoisotopic (exact) mass is 381 g/mol. The highest BCUT2D eigenvalue weighted by Gasteiger charge is 2.22. The van der Waals surface area contributed by atoms with Gasteiger partial charge in [0.1, 0.15) is 10.8 Å². The van der Waals surface area contributed by atoms with Crippen LogP contribution in [-0.4, -0.2) is 54.0 Å². The van der Waals surface area contributed by atoms with Gasteiger partial charge < -0.3 is 9.64 Å². The second-order valence-corrected chi connectivity index (χ2v) is 7.87. The molecule has 0 atom stereocenters. The highest BCUT2D eigenvalue weighted by atomic mass is 32.1. The summed E-state index contributed by atoms with van der Waals surface area (Å²) in [4.78, 5) is 21.6. The van der Waals surface area contributed by atoms with Crippen molar-refractivity contribution in [2.45, 2.75) is 13.0 Å². The maximum atomic E-state index is 12.6. The van der Waals surface area contributed by atoms with Gasteiger partial charge in [-0.1, -0.05) is 24.3 Å². The number of thiazole rings is 1. The third kappa shape index (κ3) is 4.28. The van der Waals surface area contributed by atoms with Crippen LogP contribution in [-0.2, 0) is 17.8 Å². The van der Waals surface area contributed by atoms with Crippen LogP contribution in [0.25, 0.3) is 10.2 Å². The number of rotatable bonds is 5. The maximum absolute atomic E-state index is 12.6. The van der Waals surface area contributed by atoms with Crippen molar-refractivity contribution in [1.29, 1.82) is 0 Å². The van der Waals surface area contributed by atoms with E-state index in [0.717, 1.165) is 54.6 Å². The molecule has 1 aliphatic heterocycles. The Balaban J connectivity index is 1.29. The third-order valence-electron chi connectivity index (χ3n) is 4.94. The maximum Gasteiger partial charge on any atom is 0.227 e. The minimum absolute atomic E-state index is 0.194. The second kappa shape index (κ2) is 8.06. The molecule has 140 valence electrons. The summed E-state index contributed by atoms with van der Waals surface area (Å²) in [6, 6.07) is 16.0. The van der Waals surface area contributed by atoms with Gasteiger partial charge in [-0.3, -0.25) is 9.69 Å². The van der Waals surface area contributed by atoms with E-state index in [9.17, 15) is 4.79 Å². The second-order valence-electron chi connectivity index (χ2n) is 6.76. The quantitative estimate of drug-likeness (QED) is 0.681. The first-order valence-corrected chi connectivity index (χ1v) is 10.0. The number of carbonyl (C=O) groups is 1. The zero-order chi connectivity index (χ0) is 18.6. The van der Waals surface area contributed by atoms with Crippen molar-refractivity contribution in [2.24, 2.45) is 0 Å². The van der Waals surface area contributed by atoms with Gasteiger partial charge in [-0.05, 0) is 29.8 Å². The van der Waals surface area contributed by atoms with Crippen molar-refractivity contribution in [3.8, 4) is 5.75 Å². The Hall–Kier alpha value is -2.44. The molecule has 1 saturated heterocycles. The molecule has 2 aromatic carbocycles. The van der Waals surface area contributed by atoms with Crippen LogP contribution in [0.5, 0.6) is 5.75 Å². The third-order valence-corrected chi connectivity index (χ3v) is 5.96. The molecule has 0 N–H and O–H groups in total. The zero-order valence-electron chi connectivity index (χ0n) is 15.4. The standard InChI is InChI=1S/C21H23N3O2S/c1-26-17-8-6-16(7-9-17)14-21(25)24-12-10-23(11-13-24)15-20-22-18-4-2-3-5-19(18)27-20/h2-9H,10-15H2,1H3. The molecule has 1 amide bonds. The molecular weight excluding hydrogens is 358 g/mol. The molecule has 1 aliphatic rings. The SMILES string of the molecule is COc1ccc(CC(=O)N2CCN(Cc3nc4ccccc4s3)CC2)cc1. The molecule has 3 aromatic rings. The van der Waals surface area contributed by atoms with Crippen molar-refractivity contribution in [3.63, 3.8) is 0 Å². The fourth-order valence-electron chi connectivity index (χ4n) is 3.36. The normalized spacial score (nSPS) is 15.2. The lowest BCUT2D eigenvalue weighted by Gasteiger charge is -2.34. The van der Waals surface area contributed by atoms with Crippen LogP contribution >= 0.6 is 11.3 Å². The largest absolute Gasteiger partial charge is 0.497 e. The molecule has 5 nitrogen and oxygen atoms in total. The number of piperazine rings is 1. The van der Waals surface area contributed by atoms with E-state index in [1.54, 1.807) is 18.4 Å². The smallest absolute Gasteiger partial charge is 0.227 e. The predicted molar refractivity (Wildman–Crippen MR) is 108 cm³/mol. The molecule has 6 heteroatoms. The van der Waals surface area contributed by atoms with E-state index in [2.05, 4.69) is 23.1 Å². The molecule has 27 heavy (non-hydrogen) atoms. The Morgan fingerprint density at radius 2 is 1.81 bits per heavy atom. The lowest BCUT2D eigenvalue weighted by Crippen LogP contribution is -2.48. The number of hydrogen-bond donors (Lipinski definition) is 0. The van der Waals surface area contributed by atoms with E-state index in [-0.39, 0.29) is 5.91 Å². The van der Waals surface area contributed by atoms with E-state index in [0.29, 0.717) is 6.42 Å². The molecule has 2 heterocycles. The topological polar surface area (TPSA) is 45.7 Å². The van der Waals surface area contributed by atoms with Gasteiger partial charge in [0.05, 0.1) is 30.3 Å². The van der Waals surface area contributed by atoms with Crippen LogP contribution in [0.2, 0.25) is 0 Å². The van der Waals surface area contributed by atoms with E-state index in [4.69, 9.17) is 9.72 Å². The van der Waals surface area contributed by atoms with Gasteiger partial charge in [0.25, 0.3) is 0 Å². The van der Waals surface area contributed by atoms with Crippen molar-refractivity contribution in [3.05, 3.63) is 59.1 Å². The first-order chi connectivity index (χ1) is 13.2. The number of para-hydroxylation sites is 1. The minimum Gasteiger partial charge on any atom is -0.497 e. The zero-order valence-corrected chi connectivity index (χ0v) is 16.2. The van der Waals surface area contributed by atoms with Crippen molar-refractivity contribution >= 4 is 27.5 Å². The van der Waals surface area contributed by atoms with Gasteiger partial charge in [0.2, 0.25) is 5.91 Å². The van der Waals surface area contributed by atoms with Crippen LogP contribution in [0.4, 0.5) is 0 Å². The average Bonchev–Trinajstić information content (AvgIpc) is 3.11. The van der Waals surface area contributed by atoms with E-state index < -0.39 is 0 Å². The van der Waals surface area contributed by atoms with Crippen LogP contribution in [0, 0.1) is 0 Å². The Labute approximate surface area is 163 Å². The van der Waals surface area contributed by atoms with Gasteiger partial charge in [-0.25, -0.2) is 4.98 Å². The minimum atomic E-state index is 0.194. The van der Waals surface area contributed by atoms with Gasteiger partial charge in [0, 0.05) is 26.2 Å². The summed E-state index contributed by atoms with van der Waals surface area (Å²) in [7, 11) is 1.65. The highest BCUT2D eigenvalue weighted by Crippen LogP contribution is 2.23. The summed E-state index contributed by atoms with van der Waals surface area (Å²) in [5.41, 5.74) is 2.10. The first-order valence-electron chi connectivity index (χ1n) is 9.19. The number of hydrogen-bond acceptors (Lipinski definition) is 5. The average molecular weight is 382 g/mol. The molecule has 0 bridgehead atoms. The van der Waals surface area contributed by atoms with Crippen LogP contribution < -0.4 is 4.74 Å². The Morgan fingerprint density at radius 1 is 1.07 bits per heavy atom. The van der Waals surface area contributed by atoms with Crippen molar-refractivity contribution < 1.29 is 9.53 Å². The summed E-state index contributed by atoms with van der Waals surface area (Å²) in [5, 5.41) is 1.15. The molecule has 1 aromatic heterocycles. The van der Waals surface area contributed by atoms with Crippen LogP contribution in [0.1, 0.15) is 10.6 Å². The number of aromatic nitrogens is 1. The highest BCUT2D eigenvalue weighted by molar-refractivity contribution is 7.18. The molecule has 0 spiro atoms. The lowest BCUT2D eigenvalue weighted by molar-refractivity contribution is -0.132. The summed E-state index contributed by atoms with van der Waals surface area (Å²) >= 11 is 1.76. The van der Waals surface area contributed by atoms with Gasteiger partial charge in [0.15, 0.2) is 0 Å². The number of benzene rings is 2. The molecule has 4 rings (SSSR count). The fraction of sp³-hybridized carbons (Fsp3) is 0.333. The number of fused-ring (bicyclic) bond motifs is 1. The first kappa shape index (κ1) is 17.9. The molecule has 0 radical (unpaired) electrons. The number of amides is 1. The van der Waals surface area contributed by atoms with Gasteiger partial charge >= 0.3 is 0 Å². The van der Waals surface area contributed by atoms with E-state index in [1.165, 1.54) is 4.70 Å². The number of carbonyl (C=O) groups excluding carboxylic acids is 1. The molecule has 1 fully saturated rings. The van der Waals surface area contributed by atoms with Crippen LogP contribution in [0.15, 0.2) is 48.5 Å². The summed E-state index contributed by atoms with van der Waals surface area (Å²) in [6.07, 6.45) is 0.446. The summed E-state index contributed by atoms with van der Waals surface area (Å²) < 4.78 is 6.40. The Bertz CT molecular complexity index is 882. The van der Waals surface area contributed by atoms with Crippen molar-refractivity contribution in [2.75, 3.05) is 33.3 Å². The molecular formula is C21H23N3O2S. The van der Waals surface area contributed by atoms with Crippen molar-refractivity contribution in [1.82, 2.24) is 14.8 Å². The van der Waals surface area contributed by atoms with E-state index >= 15 is 0 Å². The lowest BCUT2D eigenvalue weighted by atomic mass is 10.1. The fourth-order valence-corrected chi connectivity index (χ4v) is 4.37. The Morgan fingerprint density at radius 3 is 2.52 bits per heavy atom. The van der Waals surface area contributed by atoms with Gasteiger partial charge in [-0.15, -0.1) is 11.3 Å². The van der Waals surface area contributed by atoms with Crippen LogP contribution in [0.3, 0.4) is 0 Å². The summed E-state index contributed by atoms with van der Waals surface area (Å²) in [6.45, 7) is 4.20. The molecule has 0 saturated carbocycles. The van der Waals surface area contributed by atoms with Gasteiger partial charge in [-0.2, -0.15) is 0 Å². The van der Waals surface area contributed by atoms with E-state index in [1.807, 2.05) is 35.2 Å².